The first-order valence-corrected chi connectivity index (χ1v) is 8.65. The Morgan fingerprint density at radius 2 is 1.92 bits per heavy atom. The maximum Gasteiger partial charge on any atom is 0.314 e. The maximum atomic E-state index is 12.2. The molecule has 0 aliphatic heterocycles. The van der Waals surface area contributed by atoms with Crippen LogP contribution in [-0.2, 0) is 5.41 Å². The van der Waals surface area contributed by atoms with Gasteiger partial charge in [-0.3, -0.25) is 4.90 Å². The lowest BCUT2D eigenvalue weighted by atomic mass is 9.84. The molecule has 1 aromatic heterocycles. The molecule has 25 heavy (non-hydrogen) atoms. The van der Waals surface area contributed by atoms with E-state index in [0.29, 0.717) is 18.1 Å². The summed E-state index contributed by atoms with van der Waals surface area (Å²) in [4.78, 5) is 14.2. The molecule has 0 saturated heterocycles. The summed E-state index contributed by atoms with van der Waals surface area (Å²) in [7, 11) is 3.90. The van der Waals surface area contributed by atoms with Gasteiger partial charge in [0, 0.05) is 23.5 Å². The molecular weight excluding hydrogens is 338 g/mol. The van der Waals surface area contributed by atoms with Gasteiger partial charge in [0.1, 0.15) is 5.76 Å². The van der Waals surface area contributed by atoms with Crippen LogP contribution in [0.5, 0.6) is 0 Å². The number of likely N-dealkylation sites (N-methyl/N-ethyl adjacent to an activating group) is 1. The fourth-order valence-electron chi connectivity index (χ4n) is 2.68. The summed E-state index contributed by atoms with van der Waals surface area (Å²) in [5.41, 5.74) is 0.746. The topological polar surface area (TPSA) is 57.5 Å². The van der Waals surface area contributed by atoms with E-state index in [0.717, 1.165) is 11.3 Å². The second-order valence-electron chi connectivity index (χ2n) is 6.92. The summed E-state index contributed by atoms with van der Waals surface area (Å²) in [5.74, 6) is 0.821. The van der Waals surface area contributed by atoms with Crippen molar-refractivity contribution in [2.45, 2.75) is 25.3 Å². The van der Waals surface area contributed by atoms with Crippen LogP contribution in [0.3, 0.4) is 0 Å². The van der Waals surface area contributed by atoms with Crippen molar-refractivity contribution < 1.29 is 9.21 Å². The molecule has 2 N–H and O–H groups in total. The van der Waals surface area contributed by atoms with Crippen LogP contribution in [0.1, 0.15) is 31.2 Å². The lowest BCUT2D eigenvalue weighted by Crippen LogP contribution is -2.44. The van der Waals surface area contributed by atoms with E-state index in [-0.39, 0.29) is 17.5 Å². The summed E-state index contributed by atoms with van der Waals surface area (Å²) >= 11 is 6.27. The van der Waals surface area contributed by atoms with Crippen molar-refractivity contribution in [1.29, 1.82) is 0 Å². The van der Waals surface area contributed by atoms with E-state index >= 15 is 0 Å². The first kappa shape index (κ1) is 19.3. The van der Waals surface area contributed by atoms with Crippen LogP contribution in [0, 0.1) is 0 Å². The molecule has 6 heteroatoms. The first-order chi connectivity index (χ1) is 11.8. The molecule has 5 nitrogen and oxygen atoms in total. The molecule has 0 aliphatic carbocycles. The molecule has 2 rings (SSSR count). The monoisotopic (exact) mass is 363 g/mol. The third-order valence-corrected chi connectivity index (χ3v) is 4.57. The Bertz CT molecular complexity index is 684. The molecule has 1 unspecified atom stereocenters. The standard InChI is InChI=1S/C19H26ClN3O2/c1-19(2,14-8-5-6-9-15(14)20)13-22-18(24)21-12-16(23(3)4)17-10-7-11-25-17/h5-11,16H,12-13H2,1-4H3,(H2,21,22,24). The van der Waals surface area contributed by atoms with Gasteiger partial charge in [-0.25, -0.2) is 4.79 Å². The molecular formula is C19H26ClN3O2. The van der Waals surface area contributed by atoms with Crippen LogP contribution < -0.4 is 10.6 Å². The predicted molar refractivity (Wildman–Crippen MR) is 101 cm³/mol. The molecule has 1 atom stereocenters. The molecule has 1 aromatic carbocycles. The van der Waals surface area contributed by atoms with Gasteiger partial charge < -0.3 is 15.1 Å². The minimum absolute atomic E-state index is 0.0164. The minimum atomic E-state index is -0.266. The molecule has 0 saturated carbocycles. The average Bonchev–Trinajstić information content (AvgIpc) is 3.07. The van der Waals surface area contributed by atoms with Crippen molar-refractivity contribution in [3.63, 3.8) is 0 Å². The Kier molecular flexibility index (Phi) is 6.51. The molecule has 0 aliphatic rings. The van der Waals surface area contributed by atoms with Crippen molar-refractivity contribution in [2.75, 3.05) is 27.2 Å². The molecule has 0 spiro atoms. The number of hydrogen-bond donors (Lipinski definition) is 2. The summed E-state index contributed by atoms with van der Waals surface area (Å²) in [5, 5.41) is 6.55. The van der Waals surface area contributed by atoms with E-state index in [4.69, 9.17) is 16.0 Å². The lowest BCUT2D eigenvalue weighted by molar-refractivity contribution is 0.223. The Morgan fingerprint density at radius 1 is 1.20 bits per heavy atom. The number of hydrogen-bond acceptors (Lipinski definition) is 3. The van der Waals surface area contributed by atoms with Gasteiger partial charge in [0.05, 0.1) is 12.3 Å². The number of nitrogens with one attached hydrogen (secondary N) is 2. The number of benzene rings is 1. The van der Waals surface area contributed by atoms with Crippen LogP contribution in [-0.4, -0.2) is 38.1 Å². The molecule has 0 fully saturated rings. The van der Waals surface area contributed by atoms with E-state index in [2.05, 4.69) is 24.5 Å². The van der Waals surface area contributed by atoms with E-state index in [1.165, 1.54) is 0 Å². The zero-order valence-electron chi connectivity index (χ0n) is 15.2. The minimum Gasteiger partial charge on any atom is -0.468 e. The van der Waals surface area contributed by atoms with Gasteiger partial charge in [-0.1, -0.05) is 43.6 Å². The molecule has 136 valence electrons. The van der Waals surface area contributed by atoms with Crippen molar-refractivity contribution in [3.05, 3.63) is 59.0 Å². The SMILES string of the molecule is CN(C)C(CNC(=O)NCC(C)(C)c1ccccc1Cl)c1ccco1. The van der Waals surface area contributed by atoms with Gasteiger partial charge in [-0.05, 0) is 37.9 Å². The Morgan fingerprint density at radius 3 is 2.52 bits per heavy atom. The van der Waals surface area contributed by atoms with Crippen LogP contribution in [0.4, 0.5) is 4.79 Å². The second kappa shape index (κ2) is 8.41. The number of halogens is 1. The second-order valence-corrected chi connectivity index (χ2v) is 7.33. The molecule has 2 amide bonds. The van der Waals surface area contributed by atoms with Gasteiger partial charge in [0.25, 0.3) is 0 Å². The van der Waals surface area contributed by atoms with Crippen molar-refractivity contribution in [1.82, 2.24) is 15.5 Å². The van der Waals surface area contributed by atoms with Crippen LogP contribution in [0.25, 0.3) is 0 Å². The van der Waals surface area contributed by atoms with Crippen molar-refractivity contribution in [3.8, 4) is 0 Å². The fraction of sp³-hybridized carbons (Fsp3) is 0.421. The van der Waals surface area contributed by atoms with Gasteiger partial charge in [0.2, 0.25) is 0 Å². The number of carbonyl (C=O) groups is 1. The largest absolute Gasteiger partial charge is 0.468 e. The molecule has 1 heterocycles. The van der Waals surface area contributed by atoms with Crippen LogP contribution in [0.2, 0.25) is 5.02 Å². The highest BCUT2D eigenvalue weighted by molar-refractivity contribution is 6.31. The third-order valence-electron chi connectivity index (χ3n) is 4.24. The highest BCUT2D eigenvalue weighted by Gasteiger charge is 2.24. The van der Waals surface area contributed by atoms with E-state index in [9.17, 15) is 4.79 Å². The number of rotatable bonds is 7. The van der Waals surface area contributed by atoms with Crippen molar-refractivity contribution >= 4 is 17.6 Å². The van der Waals surface area contributed by atoms with Gasteiger partial charge in [-0.15, -0.1) is 0 Å². The summed E-state index contributed by atoms with van der Waals surface area (Å²) in [6.45, 7) is 5.05. The number of amides is 2. The number of furan rings is 1. The average molecular weight is 364 g/mol. The fourth-order valence-corrected chi connectivity index (χ4v) is 3.07. The first-order valence-electron chi connectivity index (χ1n) is 8.28. The molecule has 0 bridgehead atoms. The smallest absolute Gasteiger partial charge is 0.314 e. The van der Waals surface area contributed by atoms with Gasteiger partial charge in [-0.2, -0.15) is 0 Å². The summed E-state index contributed by atoms with van der Waals surface area (Å²) in [6.07, 6.45) is 1.64. The Labute approximate surface area is 154 Å². The van der Waals surface area contributed by atoms with E-state index in [1.807, 2.05) is 55.4 Å². The predicted octanol–water partition coefficient (Wildman–Crippen LogP) is 3.81. The Balaban J connectivity index is 1.89. The van der Waals surface area contributed by atoms with Crippen LogP contribution in [0.15, 0.2) is 47.1 Å². The third kappa shape index (κ3) is 5.25. The zero-order chi connectivity index (χ0) is 18.4. The maximum absolute atomic E-state index is 12.2. The quantitative estimate of drug-likeness (QED) is 0.786. The number of carbonyl (C=O) groups excluding carboxylic acids is 1. The van der Waals surface area contributed by atoms with Crippen LogP contribution >= 0.6 is 11.6 Å². The summed E-state index contributed by atoms with van der Waals surface area (Å²) < 4.78 is 5.45. The van der Waals surface area contributed by atoms with Gasteiger partial charge in [0.15, 0.2) is 0 Å². The van der Waals surface area contributed by atoms with E-state index in [1.54, 1.807) is 6.26 Å². The van der Waals surface area contributed by atoms with Crippen molar-refractivity contribution in [2.24, 2.45) is 0 Å². The number of nitrogens with zero attached hydrogens (tertiary/aromatic N) is 1. The van der Waals surface area contributed by atoms with Gasteiger partial charge >= 0.3 is 6.03 Å². The number of urea groups is 1. The Hall–Kier alpha value is -1.98. The van der Waals surface area contributed by atoms with E-state index < -0.39 is 0 Å². The molecule has 0 radical (unpaired) electrons. The lowest BCUT2D eigenvalue weighted by Gasteiger charge is -2.27. The highest BCUT2D eigenvalue weighted by Crippen LogP contribution is 2.29. The summed E-state index contributed by atoms with van der Waals surface area (Å²) in [6, 6.07) is 11.2. The normalized spacial score (nSPS) is 12.9. The highest BCUT2D eigenvalue weighted by atomic mass is 35.5. The zero-order valence-corrected chi connectivity index (χ0v) is 15.9. The molecule has 2 aromatic rings.